The zero-order chi connectivity index (χ0) is 31.6. The van der Waals surface area contributed by atoms with Crippen molar-refractivity contribution in [1.82, 2.24) is 9.97 Å². The van der Waals surface area contributed by atoms with E-state index in [4.69, 9.17) is 18.8 Å². The fourth-order valence-electron chi connectivity index (χ4n) is 6.93. The molecule has 48 heavy (non-hydrogen) atoms. The summed E-state index contributed by atoms with van der Waals surface area (Å²) in [4.78, 5) is 10.3. The van der Waals surface area contributed by atoms with Crippen molar-refractivity contribution in [3.63, 3.8) is 0 Å². The number of hydrogen-bond acceptors (Lipinski definition) is 4. The van der Waals surface area contributed by atoms with E-state index in [0.717, 1.165) is 83.1 Å². The molecule has 0 saturated heterocycles. The Hall–Kier alpha value is -6.52. The van der Waals surface area contributed by atoms with Gasteiger partial charge in [-0.3, -0.25) is 0 Å². The average molecular weight is 615 g/mol. The van der Waals surface area contributed by atoms with Crippen LogP contribution < -0.4 is 0 Å². The highest BCUT2D eigenvalue weighted by Crippen LogP contribution is 2.41. The summed E-state index contributed by atoms with van der Waals surface area (Å²) < 4.78 is 12.8. The van der Waals surface area contributed by atoms with E-state index in [1.807, 2.05) is 60.7 Å². The lowest BCUT2D eigenvalue weighted by atomic mass is 9.94. The molecule has 10 aromatic rings. The number of para-hydroxylation sites is 2. The Labute approximate surface area is 275 Å². The van der Waals surface area contributed by atoms with Crippen LogP contribution in [0.1, 0.15) is 0 Å². The van der Waals surface area contributed by atoms with E-state index in [1.165, 1.54) is 10.8 Å². The first kappa shape index (κ1) is 26.7. The Morgan fingerprint density at radius 2 is 0.979 bits per heavy atom. The van der Waals surface area contributed by atoms with Crippen LogP contribution in [0, 0.1) is 0 Å². The van der Waals surface area contributed by atoms with Gasteiger partial charge < -0.3 is 8.83 Å². The first-order valence-corrected chi connectivity index (χ1v) is 16.1. The lowest BCUT2D eigenvalue weighted by molar-refractivity contribution is 0.668. The van der Waals surface area contributed by atoms with Crippen LogP contribution in [0.5, 0.6) is 0 Å². The molecule has 0 bridgehead atoms. The molecular formula is C44H26N2O2. The molecule has 0 amide bonds. The predicted molar refractivity (Wildman–Crippen MR) is 196 cm³/mol. The second-order valence-corrected chi connectivity index (χ2v) is 12.2. The van der Waals surface area contributed by atoms with E-state index in [-0.39, 0.29) is 0 Å². The average Bonchev–Trinajstić information content (AvgIpc) is 3.72. The van der Waals surface area contributed by atoms with Gasteiger partial charge in [-0.1, -0.05) is 109 Å². The van der Waals surface area contributed by atoms with Crippen LogP contribution in [-0.2, 0) is 0 Å². The summed E-state index contributed by atoms with van der Waals surface area (Å²) >= 11 is 0. The summed E-state index contributed by atoms with van der Waals surface area (Å²) in [5.41, 5.74) is 10.1. The molecule has 0 atom stereocenters. The van der Waals surface area contributed by atoms with Gasteiger partial charge in [0.15, 0.2) is 5.82 Å². The number of furan rings is 2. The van der Waals surface area contributed by atoms with E-state index in [1.54, 1.807) is 0 Å². The maximum Gasteiger partial charge on any atom is 0.160 e. The van der Waals surface area contributed by atoms with Crippen molar-refractivity contribution in [1.29, 1.82) is 0 Å². The zero-order valence-corrected chi connectivity index (χ0v) is 25.7. The van der Waals surface area contributed by atoms with Crippen LogP contribution in [-0.4, -0.2) is 9.97 Å². The number of benzene rings is 7. The highest BCUT2D eigenvalue weighted by atomic mass is 16.3. The summed E-state index contributed by atoms with van der Waals surface area (Å²) in [6.07, 6.45) is 0. The third-order valence-corrected chi connectivity index (χ3v) is 9.27. The van der Waals surface area contributed by atoms with E-state index in [0.29, 0.717) is 5.82 Å². The number of hydrogen-bond donors (Lipinski definition) is 0. The third kappa shape index (κ3) is 4.31. The van der Waals surface area contributed by atoms with Gasteiger partial charge in [-0.2, -0.15) is 0 Å². The molecule has 3 aromatic heterocycles. The van der Waals surface area contributed by atoms with Crippen molar-refractivity contribution in [2.24, 2.45) is 0 Å². The van der Waals surface area contributed by atoms with Crippen molar-refractivity contribution in [2.75, 3.05) is 0 Å². The lowest BCUT2D eigenvalue weighted by Gasteiger charge is -2.12. The molecule has 10 rings (SSSR count). The predicted octanol–water partition coefficient (Wildman–Crippen LogP) is 12.1. The van der Waals surface area contributed by atoms with Gasteiger partial charge in [0.1, 0.15) is 22.3 Å². The SMILES string of the molecule is c1ccc(-c2nc(-c3ccc4c(c3)oc3ccccc34)cc(-c3cc(-c4ccc5ccccc5c4)c4c(c3)oc3ccccc34)n2)cc1. The molecule has 224 valence electrons. The van der Waals surface area contributed by atoms with E-state index >= 15 is 0 Å². The summed E-state index contributed by atoms with van der Waals surface area (Å²) in [7, 11) is 0. The first-order valence-electron chi connectivity index (χ1n) is 16.1. The molecule has 0 saturated carbocycles. The van der Waals surface area contributed by atoms with Crippen LogP contribution in [0.2, 0.25) is 0 Å². The molecule has 0 aliphatic carbocycles. The Kier molecular flexibility index (Phi) is 5.84. The Balaban J connectivity index is 1.22. The van der Waals surface area contributed by atoms with Gasteiger partial charge in [-0.25, -0.2) is 9.97 Å². The van der Waals surface area contributed by atoms with E-state index < -0.39 is 0 Å². The minimum Gasteiger partial charge on any atom is -0.456 e. The second kappa shape index (κ2) is 10.5. The van der Waals surface area contributed by atoms with Crippen molar-refractivity contribution in [2.45, 2.75) is 0 Å². The molecule has 4 nitrogen and oxygen atoms in total. The zero-order valence-electron chi connectivity index (χ0n) is 25.7. The number of rotatable bonds is 4. The van der Waals surface area contributed by atoms with Crippen LogP contribution in [0.15, 0.2) is 167 Å². The molecule has 0 aliphatic heterocycles. The van der Waals surface area contributed by atoms with Crippen molar-refractivity contribution in [3.8, 4) is 45.0 Å². The molecule has 0 aliphatic rings. The fraction of sp³-hybridized carbons (Fsp3) is 0. The number of nitrogens with zero attached hydrogens (tertiary/aromatic N) is 2. The molecule has 7 aromatic carbocycles. The molecular weight excluding hydrogens is 588 g/mol. The maximum atomic E-state index is 6.52. The van der Waals surface area contributed by atoms with Crippen molar-refractivity contribution < 1.29 is 8.83 Å². The second-order valence-electron chi connectivity index (χ2n) is 12.2. The maximum absolute atomic E-state index is 6.52. The first-order chi connectivity index (χ1) is 23.7. The smallest absolute Gasteiger partial charge is 0.160 e. The van der Waals surface area contributed by atoms with Crippen LogP contribution in [0.25, 0.3) is 99.7 Å². The molecule has 4 heteroatoms. The topological polar surface area (TPSA) is 52.1 Å². The largest absolute Gasteiger partial charge is 0.456 e. The van der Waals surface area contributed by atoms with Gasteiger partial charge in [-0.15, -0.1) is 0 Å². The number of aromatic nitrogens is 2. The fourth-order valence-corrected chi connectivity index (χ4v) is 6.93. The normalized spacial score (nSPS) is 11.8. The minimum atomic E-state index is 0.657. The van der Waals surface area contributed by atoms with Crippen molar-refractivity contribution >= 4 is 54.6 Å². The number of fused-ring (bicyclic) bond motifs is 7. The lowest BCUT2D eigenvalue weighted by Crippen LogP contribution is -1.96. The Morgan fingerprint density at radius 3 is 1.83 bits per heavy atom. The molecule has 3 heterocycles. The standard InChI is InChI=1S/C44H26N2O2/c1-2-11-28(12-3-1)44-45-37(31-20-21-34-33-14-6-8-16-39(33)47-41(34)24-31)26-38(46-44)32-23-36(30-19-18-27-10-4-5-13-29(27)22-30)43-35-15-7-9-17-40(35)48-42(43)25-32/h1-26H. The Morgan fingerprint density at radius 1 is 0.354 bits per heavy atom. The molecule has 0 unspecified atom stereocenters. The quantitative estimate of drug-likeness (QED) is 0.198. The molecule has 0 fully saturated rings. The summed E-state index contributed by atoms with van der Waals surface area (Å²) in [6, 6.07) is 54.4. The van der Waals surface area contributed by atoms with Gasteiger partial charge in [0.25, 0.3) is 0 Å². The molecule has 0 radical (unpaired) electrons. The van der Waals surface area contributed by atoms with E-state index in [2.05, 4.69) is 97.1 Å². The van der Waals surface area contributed by atoms with Gasteiger partial charge in [0, 0.05) is 38.2 Å². The summed E-state index contributed by atoms with van der Waals surface area (Å²) in [6.45, 7) is 0. The van der Waals surface area contributed by atoms with Gasteiger partial charge in [-0.05, 0) is 70.4 Å². The van der Waals surface area contributed by atoms with Gasteiger partial charge >= 0.3 is 0 Å². The van der Waals surface area contributed by atoms with Crippen molar-refractivity contribution in [3.05, 3.63) is 158 Å². The van der Waals surface area contributed by atoms with Gasteiger partial charge in [0.05, 0.1) is 11.4 Å². The van der Waals surface area contributed by atoms with Crippen LogP contribution in [0.4, 0.5) is 0 Å². The molecule has 0 spiro atoms. The highest BCUT2D eigenvalue weighted by Gasteiger charge is 2.18. The minimum absolute atomic E-state index is 0.657. The van der Waals surface area contributed by atoms with E-state index in [9.17, 15) is 0 Å². The molecule has 0 N–H and O–H groups in total. The summed E-state index contributed by atoms with van der Waals surface area (Å²) in [5, 5.41) is 6.78. The summed E-state index contributed by atoms with van der Waals surface area (Å²) in [5.74, 6) is 0.657. The monoisotopic (exact) mass is 614 g/mol. The highest BCUT2D eigenvalue weighted by molar-refractivity contribution is 6.14. The van der Waals surface area contributed by atoms with Crippen LogP contribution in [0.3, 0.4) is 0 Å². The van der Waals surface area contributed by atoms with Gasteiger partial charge in [0.2, 0.25) is 0 Å². The Bertz CT molecular complexity index is 2850. The third-order valence-electron chi connectivity index (χ3n) is 9.27. The van der Waals surface area contributed by atoms with Crippen LogP contribution >= 0.6 is 0 Å².